The Labute approximate surface area is 168 Å². The van der Waals surface area contributed by atoms with Gasteiger partial charge in [-0.1, -0.05) is 19.3 Å². The largest absolute Gasteiger partial charge is 0.481 e. The van der Waals surface area contributed by atoms with Crippen LogP contribution in [-0.4, -0.2) is 48.5 Å². The zero-order valence-corrected chi connectivity index (χ0v) is 16.4. The zero-order valence-electron chi connectivity index (χ0n) is 16.4. The topological polar surface area (TPSA) is 131 Å². The molecule has 2 aromatic heterocycles. The Morgan fingerprint density at radius 1 is 1.21 bits per heavy atom. The Morgan fingerprint density at radius 3 is 2.66 bits per heavy atom. The standard InChI is InChI=1S/C19H26N6O4/c1-2-24-12-14(17(23-24)19(29)21-13-6-4-3-5-7-13)22-18(28)15-8-10-20-25(15)11-9-16(26)27/h8,10,12-13H,2-7,9,11H2,1H3,(H,21,29)(H,22,28)(H,26,27). The molecule has 2 heterocycles. The van der Waals surface area contributed by atoms with Crippen LogP contribution >= 0.6 is 0 Å². The van der Waals surface area contributed by atoms with Gasteiger partial charge in [0.05, 0.1) is 18.7 Å². The number of carbonyl (C=O) groups is 3. The van der Waals surface area contributed by atoms with Gasteiger partial charge in [-0.15, -0.1) is 0 Å². The number of carboxylic acid groups (broad SMARTS) is 1. The second-order valence-electron chi connectivity index (χ2n) is 7.09. The third kappa shape index (κ3) is 5.21. The lowest BCUT2D eigenvalue weighted by Gasteiger charge is -2.22. The van der Waals surface area contributed by atoms with Crippen LogP contribution in [0.4, 0.5) is 5.69 Å². The van der Waals surface area contributed by atoms with E-state index in [2.05, 4.69) is 20.8 Å². The molecule has 0 unspecified atom stereocenters. The minimum atomic E-state index is -0.974. The molecule has 156 valence electrons. The molecule has 2 amide bonds. The van der Waals surface area contributed by atoms with E-state index in [4.69, 9.17) is 5.11 Å². The fourth-order valence-electron chi connectivity index (χ4n) is 3.43. The number of hydrogen-bond donors (Lipinski definition) is 3. The average Bonchev–Trinajstić information content (AvgIpc) is 3.34. The number of aryl methyl sites for hydroxylation is 2. The van der Waals surface area contributed by atoms with E-state index in [1.807, 2.05) is 6.92 Å². The Hall–Kier alpha value is -3.17. The molecule has 3 N–H and O–H groups in total. The lowest BCUT2D eigenvalue weighted by molar-refractivity contribution is -0.137. The molecule has 0 aliphatic heterocycles. The highest BCUT2D eigenvalue weighted by molar-refractivity contribution is 6.07. The van der Waals surface area contributed by atoms with Crippen molar-refractivity contribution in [2.45, 2.75) is 64.6 Å². The Balaban J connectivity index is 1.74. The van der Waals surface area contributed by atoms with Gasteiger partial charge in [0.15, 0.2) is 5.69 Å². The number of nitrogens with one attached hydrogen (secondary N) is 2. The van der Waals surface area contributed by atoms with Crippen molar-refractivity contribution >= 4 is 23.5 Å². The summed E-state index contributed by atoms with van der Waals surface area (Å²) in [6.45, 7) is 2.52. The maximum Gasteiger partial charge on any atom is 0.305 e. The first-order valence-electron chi connectivity index (χ1n) is 9.91. The van der Waals surface area contributed by atoms with Gasteiger partial charge in [0.25, 0.3) is 11.8 Å². The minimum absolute atomic E-state index is 0.0777. The maximum atomic E-state index is 12.8. The third-order valence-corrected chi connectivity index (χ3v) is 4.98. The van der Waals surface area contributed by atoms with Crippen LogP contribution < -0.4 is 10.6 Å². The molecule has 2 aromatic rings. The van der Waals surface area contributed by atoms with E-state index in [0.29, 0.717) is 12.2 Å². The third-order valence-electron chi connectivity index (χ3n) is 4.98. The summed E-state index contributed by atoms with van der Waals surface area (Å²) in [6.07, 6.45) is 8.18. The first-order valence-corrected chi connectivity index (χ1v) is 9.91. The number of rotatable bonds is 8. The summed E-state index contributed by atoms with van der Waals surface area (Å²) >= 11 is 0. The van der Waals surface area contributed by atoms with Crippen LogP contribution in [0.3, 0.4) is 0 Å². The number of carbonyl (C=O) groups excluding carboxylic acids is 2. The van der Waals surface area contributed by atoms with Crippen molar-refractivity contribution in [2.75, 3.05) is 5.32 Å². The SMILES string of the molecule is CCn1cc(NC(=O)c2ccnn2CCC(=O)O)c(C(=O)NC2CCCCC2)n1. The summed E-state index contributed by atoms with van der Waals surface area (Å²) in [4.78, 5) is 36.3. The number of amides is 2. The average molecular weight is 402 g/mol. The lowest BCUT2D eigenvalue weighted by Crippen LogP contribution is -2.36. The van der Waals surface area contributed by atoms with Gasteiger partial charge in [0, 0.05) is 25.0 Å². The molecule has 0 radical (unpaired) electrons. The van der Waals surface area contributed by atoms with E-state index >= 15 is 0 Å². The van der Waals surface area contributed by atoms with Gasteiger partial charge >= 0.3 is 5.97 Å². The summed E-state index contributed by atoms with van der Waals surface area (Å²) in [5, 5.41) is 22.9. The highest BCUT2D eigenvalue weighted by Crippen LogP contribution is 2.20. The predicted octanol–water partition coefficient (Wildman–Crippen LogP) is 1.89. The molecule has 0 atom stereocenters. The normalized spacial score (nSPS) is 14.5. The Bertz CT molecular complexity index is 881. The highest BCUT2D eigenvalue weighted by atomic mass is 16.4. The molecule has 29 heavy (non-hydrogen) atoms. The van der Waals surface area contributed by atoms with Crippen LogP contribution in [0.1, 0.15) is 66.4 Å². The van der Waals surface area contributed by atoms with Crippen molar-refractivity contribution in [1.29, 1.82) is 0 Å². The predicted molar refractivity (Wildman–Crippen MR) is 105 cm³/mol. The van der Waals surface area contributed by atoms with Crippen molar-refractivity contribution < 1.29 is 19.5 Å². The first kappa shape index (κ1) is 20.6. The molecule has 1 fully saturated rings. The molecule has 0 spiro atoms. The fourth-order valence-corrected chi connectivity index (χ4v) is 3.43. The van der Waals surface area contributed by atoms with Gasteiger partial charge in [0.1, 0.15) is 5.69 Å². The number of anilines is 1. The van der Waals surface area contributed by atoms with Crippen LogP contribution in [0.15, 0.2) is 18.5 Å². The monoisotopic (exact) mass is 402 g/mol. The fraction of sp³-hybridized carbons (Fsp3) is 0.526. The van der Waals surface area contributed by atoms with Gasteiger partial charge in [0.2, 0.25) is 0 Å². The van der Waals surface area contributed by atoms with E-state index in [-0.39, 0.29) is 36.3 Å². The van der Waals surface area contributed by atoms with Crippen molar-refractivity contribution in [1.82, 2.24) is 24.9 Å². The molecule has 0 saturated heterocycles. The quantitative estimate of drug-likeness (QED) is 0.618. The van der Waals surface area contributed by atoms with Crippen LogP contribution in [-0.2, 0) is 17.9 Å². The van der Waals surface area contributed by atoms with Crippen molar-refractivity contribution in [2.24, 2.45) is 0 Å². The van der Waals surface area contributed by atoms with Crippen LogP contribution in [0.25, 0.3) is 0 Å². The van der Waals surface area contributed by atoms with Crippen LogP contribution in [0.5, 0.6) is 0 Å². The van der Waals surface area contributed by atoms with Crippen molar-refractivity contribution in [3.63, 3.8) is 0 Å². The number of hydrogen-bond acceptors (Lipinski definition) is 5. The summed E-state index contributed by atoms with van der Waals surface area (Å²) in [5.74, 6) is -1.76. The van der Waals surface area contributed by atoms with Gasteiger partial charge in [-0.25, -0.2) is 0 Å². The van der Waals surface area contributed by atoms with Gasteiger partial charge in [-0.3, -0.25) is 23.7 Å². The molecular weight excluding hydrogens is 376 g/mol. The van der Waals surface area contributed by atoms with Gasteiger partial charge < -0.3 is 15.7 Å². The van der Waals surface area contributed by atoms with Crippen LogP contribution in [0, 0.1) is 0 Å². The minimum Gasteiger partial charge on any atom is -0.481 e. The summed E-state index contributed by atoms with van der Waals surface area (Å²) in [5.41, 5.74) is 0.702. The maximum absolute atomic E-state index is 12.8. The zero-order chi connectivity index (χ0) is 20.8. The molecule has 1 aliphatic carbocycles. The molecule has 0 bridgehead atoms. The molecule has 0 aromatic carbocycles. The number of aliphatic carboxylic acids is 1. The number of carboxylic acids is 1. The molecule has 3 rings (SSSR count). The van der Waals surface area contributed by atoms with E-state index in [0.717, 1.165) is 25.7 Å². The molecular formula is C19H26N6O4. The van der Waals surface area contributed by atoms with E-state index in [1.165, 1.54) is 23.4 Å². The highest BCUT2D eigenvalue weighted by Gasteiger charge is 2.23. The lowest BCUT2D eigenvalue weighted by atomic mass is 9.95. The van der Waals surface area contributed by atoms with Crippen LogP contribution in [0.2, 0.25) is 0 Å². The van der Waals surface area contributed by atoms with Crippen molar-refractivity contribution in [3.8, 4) is 0 Å². The first-order chi connectivity index (χ1) is 14.0. The second kappa shape index (κ2) is 9.35. The summed E-state index contributed by atoms with van der Waals surface area (Å²) < 4.78 is 2.92. The van der Waals surface area contributed by atoms with E-state index in [1.54, 1.807) is 10.9 Å². The Morgan fingerprint density at radius 2 is 1.97 bits per heavy atom. The van der Waals surface area contributed by atoms with E-state index in [9.17, 15) is 14.4 Å². The molecule has 10 nitrogen and oxygen atoms in total. The number of nitrogens with zero attached hydrogens (tertiary/aromatic N) is 4. The van der Waals surface area contributed by atoms with Crippen molar-refractivity contribution in [3.05, 3.63) is 29.8 Å². The molecule has 1 aliphatic rings. The Kier molecular flexibility index (Phi) is 6.63. The second-order valence-corrected chi connectivity index (χ2v) is 7.09. The summed E-state index contributed by atoms with van der Waals surface area (Å²) in [7, 11) is 0. The van der Waals surface area contributed by atoms with E-state index < -0.39 is 11.9 Å². The van der Waals surface area contributed by atoms with Gasteiger partial charge in [-0.2, -0.15) is 10.2 Å². The smallest absolute Gasteiger partial charge is 0.305 e. The number of aromatic nitrogens is 4. The van der Waals surface area contributed by atoms with Gasteiger partial charge in [-0.05, 0) is 25.8 Å². The molecule has 1 saturated carbocycles. The molecule has 10 heteroatoms. The summed E-state index contributed by atoms with van der Waals surface area (Å²) in [6, 6.07) is 1.63.